The molecular formula is C19H18FN3O5. The Hall–Kier alpha value is -3.49. The van der Waals surface area contributed by atoms with Crippen molar-refractivity contribution < 1.29 is 23.6 Å². The molecule has 28 heavy (non-hydrogen) atoms. The molecule has 0 aromatic heterocycles. The van der Waals surface area contributed by atoms with Crippen LogP contribution in [0.25, 0.3) is 0 Å². The first-order chi connectivity index (χ1) is 13.3. The molecule has 0 bridgehead atoms. The number of methoxy groups -OCH3 is 1. The Labute approximate surface area is 160 Å². The van der Waals surface area contributed by atoms with Crippen LogP contribution in [0.3, 0.4) is 0 Å². The fraction of sp³-hybridized carbons (Fsp3) is 0.263. The molecule has 146 valence electrons. The lowest BCUT2D eigenvalue weighted by atomic mass is 10.1. The van der Waals surface area contributed by atoms with Crippen LogP contribution in [0.5, 0.6) is 5.75 Å². The third kappa shape index (κ3) is 3.78. The first-order valence-corrected chi connectivity index (χ1v) is 8.50. The van der Waals surface area contributed by atoms with Gasteiger partial charge in [0.25, 0.3) is 0 Å². The van der Waals surface area contributed by atoms with E-state index in [4.69, 9.17) is 4.74 Å². The van der Waals surface area contributed by atoms with Gasteiger partial charge in [0.05, 0.1) is 29.3 Å². The fourth-order valence-corrected chi connectivity index (χ4v) is 3.10. The van der Waals surface area contributed by atoms with Gasteiger partial charge in [-0.3, -0.25) is 19.7 Å². The number of nitro groups is 1. The number of nitrogens with zero attached hydrogens (tertiary/aromatic N) is 2. The highest BCUT2D eigenvalue weighted by atomic mass is 19.1. The number of benzene rings is 2. The molecule has 8 nitrogen and oxygen atoms in total. The lowest BCUT2D eigenvalue weighted by Gasteiger charge is -2.17. The Morgan fingerprint density at radius 1 is 1.32 bits per heavy atom. The van der Waals surface area contributed by atoms with Crippen LogP contribution in [0.15, 0.2) is 36.4 Å². The van der Waals surface area contributed by atoms with Gasteiger partial charge in [0.2, 0.25) is 17.6 Å². The number of carbonyl (C=O) groups is 2. The average Bonchev–Trinajstić information content (AvgIpc) is 3.04. The minimum absolute atomic E-state index is 0.0432. The number of aryl methyl sites for hydroxylation is 1. The zero-order valence-corrected chi connectivity index (χ0v) is 15.3. The average molecular weight is 387 g/mol. The van der Waals surface area contributed by atoms with Gasteiger partial charge in [-0.25, -0.2) is 0 Å². The van der Waals surface area contributed by atoms with Gasteiger partial charge in [-0.15, -0.1) is 0 Å². The van der Waals surface area contributed by atoms with E-state index in [1.165, 1.54) is 18.1 Å². The molecular weight excluding hydrogens is 369 g/mol. The SMILES string of the molecule is COc1ccc(C)cc1NC(=O)C1CC(=O)N(c2ccc(F)c([N+](=O)[O-])c2)C1. The van der Waals surface area contributed by atoms with E-state index in [0.717, 1.165) is 17.7 Å². The Balaban J connectivity index is 1.78. The van der Waals surface area contributed by atoms with E-state index in [1.807, 2.05) is 13.0 Å². The minimum Gasteiger partial charge on any atom is -0.495 e. The molecule has 1 aliphatic heterocycles. The summed E-state index contributed by atoms with van der Waals surface area (Å²) in [4.78, 5) is 36.3. The summed E-state index contributed by atoms with van der Waals surface area (Å²) in [5, 5.41) is 13.7. The minimum atomic E-state index is -0.985. The third-order valence-electron chi connectivity index (χ3n) is 4.55. The number of hydrogen-bond donors (Lipinski definition) is 1. The van der Waals surface area contributed by atoms with Crippen molar-refractivity contribution in [2.45, 2.75) is 13.3 Å². The lowest BCUT2D eigenvalue weighted by Crippen LogP contribution is -2.28. The molecule has 2 aromatic rings. The molecule has 1 saturated heterocycles. The molecule has 1 atom stereocenters. The van der Waals surface area contributed by atoms with Crippen molar-refractivity contribution in [1.29, 1.82) is 0 Å². The number of carbonyl (C=O) groups excluding carboxylic acids is 2. The van der Waals surface area contributed by atoms with Crippen LogP contribution in [0.1, 0.15) is 12.0 Å². The molecule has 0 saturated carbocycles. The maximum atomic E-state index is 13.5. The maximum absolute atomic E-state index is 13.5. The summed E-state index contributed by atoms with van der Waals surface area (Å²) in [7, 11) is 1.49. The van der Waals surface area contributed by atoms with E-state index < -0.39 is 22.3 Å². The van der Waals surface area contributed by atoms with E-state index in [1.54, 1.807) is 12.1 Å². The van der Waals surface area contributed by atoms with Crippen LogP contribution in [0.4, 0.5) is 21.5 Å². The molecule has 1 heterocycles. The number of nitro benzene ring substituents is 1. The maximum Gasteiger partial charge on any atom is 0.306 e. The second-order valence-electron chi connectivity index (χ2n) is 6.49. The van der Waals surface area contributed by atoms with Gasteiger partial charge in [-0.05, 0) is 36.8 Å². The zero-order valence-electron chi connectivity index (χ0n) is 15.3. The Bertz CT molecular complexity index is 963. The van der Waals surface area contributed by atoms with E-state index in [0.29, 0.717) is 11.4 Å². The van der Waals surface area contributed by atoms with Crippen molar-refractivity contribution in [3.63, 3.8) is 0 Å². The number of halogens is 1. The van der Waals surface area contributed by atoms with Gasteiger partial charge in [-0.2, -0.15) is 4.39 Å². The quantitative estimate of drug-likeness (QED) is 0.628. The Morgan fingerprint density at radius 2 is 2.07 bits per heavy atom. The molecule has 0 radical (unpaired) electrons. The van der Waals surface area contributed by atoms with E-state index in [-0.39, 0.29) is 30.5 Å². The van der Waals surface area contributed by atoms with E-state index in [2.05, 4.69) is 5.32 Å². The highest BCUT2D eigenvalue weighted by Crippen LogP contribution is 2.31. The van der Waals surface area contributed by atoms with Gasteiger partial charge in [0.15, 0.2) is 0 Å². The number of hydrogen-bond acceptors (Lipinski definition) is 5. The summed E-state index contributed by atoms with van der Waals surface area (Å²) in [6.07, 6.45) is -0.0505. The third-order valence-corrected chi connectivity index (χ3v) is 4.55. The molecule has 1 fully saturated rings. The summed E-state index contributed by atoms with van der Waals surface area (Å²) in [6.45, 7) is 1.92. The first kappa shape index (κ1) is 19.3. The molecule has 0 spiro atoms. The van der Waals surface area contributed by atoms with Crippen LogP contribution in [0.2, 0.25) is 0 Å². The summed E-state index contributed by atoms with van der Waals surface area (Å²) in [5.74, 6) is -1.87. The van der Waals surface area contributed by atoms with Crippen molar-refractivity contribution >= 4 is 28.9 Å². The highest BCUT2D eigenvalue weighted by Gasteiger charge is 2.36. The Morgan fingerprint density at radius 3 is 2.75 bits per heavy atom. The summed E-state index contributed by atoms with van der Waals surface area (Å²) >= 11 is 0. The van der Waals surface area contributed by atoms with Crippen molar-refractivity contribution in [2.75, 3.05) is 23.9 Å². The zero-order chi connectivity index (χ0) is 20.4. The van der Waals surface area contributed by atoms with Gasteiger partial charge < -0.3 is 15.0 Å². The van der Waals surface area contributed by atoms with E-state index in [9.17, 15) is 24.1 Å². The molecule has 1 unspecified atom stereocenters. The molecule has 1 aliphatic rings. The van der Waals surface area contributed by atoms with Gasteiger partial charge in [0.1, 0.15) is 5.75 Å². The standard InChI is InChI=1S/C19H18FN3O5/c1-11-3-6-17(28-2)15(7-11)21-19(25)12-8-18(24)22(10-12)13-4-5-14(20)16(9-13)23(26)27/h3-7,9,12H,8,10H2,1-2H3,(H,21,25). The highest BCUT2D eigenvalue weighted by molar-refractivity contribution is 6.04. The number of anilines is 2. The van der Waals surface area contributed by atoms with Crippen molar-refractivity contribution in [3.8, 4) is 5.75 Å². The second kappa shape index (κ2) is 7.63. The van der Waals surface area contributed by atoms with E-state index >= 15 is 0 Å². The summed E-state index contributed by atoms with van der Waals surface area (Å²) < 4.78 is 18.8. The lowest BCUT2D eigenvalue weighted by molar-refractivity contribution is -0.387. The number of nitrogens with one attached hydrogen (secondary N) is 1. The predicted octanol–water partition coefficient (Wildman–Crippen LogP) is 3.04. The van der Waals surface area contributed by atoms with Crippen LogP contribution in [-0.4, -0.2) is 30.4 Å². The number of ether oxygens (including phenoxy) is 1. The molecule has 3 rings (SSSR count). The van der Waals surface area contributed by atoms with Crippen LogP contribution in [-0.2, 0) is 9.59 Å². The van der Waals surface area contributed by atoms with Crippen molar-refractivity contribution in [2.24, 2.45) is 5.92 Å². The monoisotopic (exact) mass is 387 g/mol. The van der Waals surface area contributed by atoms with Crippen molar-refractivity contribution in [3.05, 3.63) is 57.9 Å². The molecule has 2 amide bonds. The van der Waals surface area contributed by atoms with Crippen molar-refractivity contribution in [1.82, 2.24) is 0 Å². The molecule has 2 aromatic carbocycles. The largest absolute Gasteiger partial charge is 0.495 e. The summed E-state index contributed by atoms with van der Waals surface area (Å²) in [6, 6.07) is 8.55. The normalized spacial score (nSPS) is 16.2. The van der Waals surface area contributed by atoms with Crippen LogP contribution < -0.4 is 15.0 Å². The fourth-order valence-electron chi connectivity index (χ4n) is 3.10. The number of amides is 2. The van der Waals surface area contributed by atoms with Crippen LogP contribution >= 0.6 is 0 Å². The number of rotatable bonds is 5. The first-order valence-electron chi connectivity index (χ1n) is 8.50. The van der Waals surface area contributed by atoms with Crippen LogP contribution in [0, 0.1) is 28.8 Å². The van der Waals surface area contributed by atoms with Gasteiger partial charge in [0, 0.05) is 19.0 Å². The molecule has 9 heteroatoms. The smallest absolute Gasteiger partial charge is 0.306 e. The second-order valence-corrected chi connectivity index (χ2v) is 6.49. The summed E-state index contributed by atoms with van der Waals surface area (Å²) in [5.41, 5.74) is 0.888. The Kier molecular flexibility index (Phi) is 5.25. The topological polar surface area (TPSA) is 102 Å². The van der Waals surface area contributed by atoms with Gasteiger partial charge in [-0.1, -0.05) is 6.07 Å². The van der Waals surface area contributed by atoms with Gasteiger partial charge >= 0.3 is 5.69 Å². The predicted molar refractivity (Wildman–Crippen MR) is 99.9 cm³/mol. The molecule has 0 aliphatic carbocycles. The molecule has 1 N–H and O–H groups in total.